The normalized spacial score (nSPS) is 17.6. The van der Waals surface area contributed by atoms with Crippen molar-refractivity contribution in [2.75, 3.05) is 19.8 Å². The maximum absolute atomic E-state index is 11.8. The van der Waals surface area contributed by atoms with Crippen molar-refractivity contribution in [3.05, 3.63) is 29.8 Å². The van der Waals surface area contributed by atoms with Gasteiger partial charge in [0.15, 0.2) is 18.1 Å². The second kappa shape index (κ2) is 8.05. The van der Waals surface area contributed by atoms with Crippen LogP contribution < -0.4 is 14.8 Å². The first-order chi connectivity index (χ1) is 12.1. The zero-order valence-electron chi connectivity index (χ0n) is 14.3. The lowest BCUT2D eigenvalue weighted by Crippen LogP contribution is -2.36. The molecular weight excluding hydrogens is 322 g/mol. The molecule has 0 spiro atoms. The summed E-state index contributed by atoms with van der Waals surface area (Å²) in [6.07, 6.45) is 6.07. The highest BCUT2D eigenvalue weighted by Crippen LogP contribution is 2.32. The van der Waals surface area contributed by atoms with Crippen molar-refractivity contribution in [3.63, 3.8) is 0 Å². The van der Waals surface area contributed by atoms with Crippen LogP contribution in [0.25, 0.3) is 6.08 Å². The van der Waals surface area contributed by atoms with Gasteiger partial charge in [-0.2, -0.15) is 0 Å². The van der Waals surface area contributed by atoms with Crippen molar-refractivity contribution >= 4 is 18.0 Å². The number of rotatable bonds is 6. The van der Waals surface area contributed by atoms with Gasteiger partial charge in [0.05, 0.1) is 13.2 Å². The average Bonchev–Trinajstić information content (AvgIpc) is 3.44. The molecule has 1 saturated carbocycles. The number of hydrogen-bond donors (Lipinski definition) is 1. The Bertz CT molecular complexity index is 666. The van der Waals surface area contributed by atoms with Gasteiger partial charge < -0.3 is 19.5 Å². The van der Waals surface area contributed by atoms with Crippen molar-refractivity contribution < 1.29 is 23.8 Å². The Hall–Kier alpha value is -2.50. The SMILES string of the molecule is C[C@H](NC(=O)COC(=O)/C=C/c1ccc2c(c1)OCCCO2)C1CC1. The highest BCUT2D eigenvalue weighted by molar-refractivity contribution is 5.89. The summed E-state index contributed by atoms with van der Waals surface area (Å²) in [6, 6.07) is 5.61. The van der Waals surface area contributed by atoms with Crippen LogP contribution >= 0.6 is 0 Å². The molecule has 0 radical (unpaired) electrons. The third-order valence-corrected chi connectivity index (χ3v) is 4.25. The number of carbonyl (C=O) groups excluding carboxylic acids is 2. The van der Waals surface area contributed by atoms with E-state index in [9.17, 15) is 9.59 Å². The van der Waals surface area contributed by atoms with Crippen LogP contribution in [-0.4, -0.2) is 37.7 Å². The molecule has 1 aromatic carbocycles. The van der Waals surface area contributed by atoms with Crippen molar-refractivity contribution in [1.29, 1.82) is 0 Å². The number of benzene rings is 1. The standard InChI is InChI=1S/C19H23NO5/c1-13(15-5-6-15)20-18(21)12-25-19(22)8-4-14-3-7-16-17(11-14)24-10-2-9-23-16/h3-4,7-8,11,13,15H,2,5-6,9-10,12H2,1H3,(H,20,21)/b8-4+/t13-/m0/s1. The Kier molecular flexibility index (Phi) is 5.58. The fourth-order valence-corrected chi connectivity index (χ4v) is 2.64. The minimum atomic E-state index is -0.554. The molecule has 1 aromatic rings. The van der Waals surface area contributed by atoms with E-state index in [1.165, 1.54) is 6.08 Å². The molecule has 1 heterocycles. The third-order valence-electron chi connectivity index (χ3n) is 4.25. The van der Waals surface area contributed by atoms with E-state index in [0.29, 0.717) is 30.6 Å². The van der Waals surface area contributed by atoms with E-state index < -0.39 is 5.97 Å². The summed E-state index contributed by atoms with van der Waals surface area (Å²) in [5, 5.41) is 2.84. The van der Waals surface area contributed by atoms with Crippen LogP contribution in [0.5, 0.6) is 11.5 Å². The van der Waals surface area contributed by atoms with Gasteiger partial charge in [0, 0.05) is 18.5 Å². The van der Waals surface area contributed by atoms with E-state index in [2.05, 4.69) is 5.32 Å². The zero-order valence-corrected chi connectivity index (χ0v) is 14.3. The highest BCUT2D eigenvalue weighted by Gasteiger charge is 2.28. The minimum Gasteiger partial charge on any atom is -0.490 e. The molecule has 25 heavy (non-hydrogen) atoms. The van der Waals surface area contributed by atoms with Crippen LogP contribution in [0.3, 0.4) is 0 Å². The van der Waals surface area contributed by atoms with E-state index in [1.807, 2.05) is 25.1 Å². The predicted molar refractivity (Wildman–Crippen MR) is 92.4 cm³/mol. The monoisotopic (exact) mass is 345 g/mol. The average molecular weight is 345 g/mol. The summed E-state index contributed by atoms with van der Waals surface area (Å²) in [7, 11) is 0. The number of nitrogens with one attached hydrogen (secondary N) is 1. The number of carbonyl (C=O) groups is 2. The van der Waals surface area contributed by atoms with Crippen LogP contribution in [0.15, 0.2) is 24.3 Å². The first-order valence-corrected chi connectivity index (χ1v) is 8.65. The zero-order chi connectivity index (χ0) is 17.6. The fourth-order valence-electron chi connectivity index (χ4n) is 2.64. The number of ether oxygens (including phenoxy) is 3. The minimum absolute atomic E-state index is 0.142. The molecule has 1 atom stereocenters. The molecule has 1 aliphatic carbocycles. The van der Waals surface area contributed by atoms with Gasteiger partial charge in [-0.1, -0.05) is 6.07 Å². The Morgan fingerprint density at radius 2 is 2.04 bits per heavy atom. The van der Waals surface area contributed by atoms with Gasteiger partial charge in [-0.3, -0.25) is 4.79 Å². The lowest BCUT2D eigenvalue weighted by atomic mass is 10.2. The number of hydrogen-bond acceptors (Lipinski definition) is 5. The van der Waals surface area contributed by atoms with Gasteiger partial charge in [-0.15, -0.1) is 0 Å². The Balaban J connectivity index is 1.47. The molecule has 0 bridgehead atoms. The molecular formula is C19H23NO5. The molecule has 1 amide bonds. The summed E-state index contributed by atoms with van der Waals surface area (Å²) in [4.78, 5) is 23.5. The summed E-state index contributed by atoms with van der Waals surface area (Å²) >= 11 is 0. The van der Waals surface area contributed by atoms with Gasteiger partial charge in [-0.25, -0.2) is 4.79 Å². The summed E-state index contributed by atoms with van der Waals surface area (Å²) in [5.74, 6) is 1.12. The number of fused-ring (bicyclic) bond motifs is 1. The van der Waals surface area contributed by atoms with E-state index >= 15 is 0 Å². The quantitative estimate of drug-likeness (QED) is 0.633. The van der Waals surface area contributed by atoms with Crippen molar-refractivity contribution in [3.8, 4) is 11.5 Å². The highest BCUT2D eigenvalue weighted by atomic mass is 16.5. The van der Waals surface area contributed by atoms with Gasteiger partial charge in [0.2, 0.25) is 0 Å². The van der Waals surface area contributed by atoms with Crippen LogP contribution in [0, 0.1) is 5.92 Å². The number of amides is 1. The summed E-state index contributed by atoms with van der Waals surface area (Å²) < 4.78 is 16.1. The molecule has 6 heteroatoms. The van der Waals surface area contributed by atoms with Gasteiger partial charge in [0.25, 0.3) is 5.91 Å². The molecule has 2 aliphatic rings. The van der Waals surface area contributed by atoms with E-state index in [4.69, 9.17) is 14.2 Å². The fraction of sp³-hybridized carbons (Fsp3) is 0.474. The van der Waals surface area contributed by atoms with Crippen LogP contribution in [-0.2, 0) is 14.3 Å². The molecule has 0 unspecified atom stereocenters. The molecule has 3 rings (SSSR count). The van der Waals surface area contributed by atoms with Crippen LogP contribution in [0.2, 0.25) is 0 Å². The van der Waals surface area contributed by atoms with Crippen molar-refractivity contribution in [2.45, 2.75) is 32.2 Å². The number of esters is 1. The van der Waals surface area contributed by atoms with Gasteiger partial charge in [0.1, 0.15) is 0 Å². The van der Waals surface area contributed by atoms with Gasteiger partial charge >= 0.3 is 5.97 Å². The molecule has 134 valence electrons. The topological polar surface area (TPSA) is 73.9 Å². The summed E-state index contributed by atoms with van der Waals surface area (Å²) in [5.41, 5.74) is 0.799. The largest absolute Gasteiger partial charge is 0.490 e. The Morgan fingerprint density at radius 1 is 1.28 bits per heavy atom. The predicted octanol–water partition coefficient (Wildman–Crippen LogP) is 2.32. The maximum Gasteiger partial charge on any atom is 0.331 e. The van der Waals surface area contributed by atoms with E-state index in [1.54, 1.807) is 6.08 Å². The molecule has 0 saturated heterocycles. The lowest BCUT2D eigenvalue weighted by molar-refractivity contribution is -0.144. The smallest absolute Gasteiger partial charge is 0.331 e. The molecule has 1 fully saturated rings. The second-order valence-corrected chi connectivity index (χ2v) is 6.39. The summed E-state index contributed by atoms with van der Waals surface area (Å²) in [6.45, 7) is 2.95. The van der Waals surface area contributed by atoms with Crippen LogP contribution in [0.4, 0.5) is 0 Å². The molecule has 0 aromatic heterocycles. The lowest BCUT2D eigenvalue weighted by Gasteiger charge is -2.12. The second-order valence-electron chi connectivity index (χ2n) is 6.39. The first-order valence-electron chi connectivity index (χ1n) is 8.65. The maximum atomic E-state index is 11.8. The Labute approximate surface area is 147 Å². The molecule has 1 N–H and O–H groups in total. The Morgan fingerprint density at radius 3 is 2.80 bits per heavy atom. The van der Waals surface area contributed by atoms with Crippen molar-refractivity contribution in [1.82, 2.24) is 5.32 Å². The van der Waals surface area contributed by atoms with Gasteiger partial charge in [-0.05, 0) is 49.5 Å². The first kappa shape index (κ1) is 17.3. The third kappa shape index (κ3) is 5.24. The van der Waals surface area contributed by atoms with Crippen LogP contribution in [0.1, 0.15) is 31.7 Å². The van der Waals surface area contributed by atoms with E-state index in [-0.39, 0.29) is 18.6 Å². The van der Waals surface area contributed by atoms with E-state index in [0.717, 1.165) is 24.8 Å². The van der Waals surface area contributed by atoms with Crippen molar-refractivity contribution in [2.24, 2.45) is 5.92 Å². The molecule has 6 nitrogen and oxygen atoms in total. The molecule has 1 aliphatic heterocycles.